The molecule has 0 fully saturated rings. The second-order valence-electron chi connectivity index (χ2n) is 4.39. The second kappa shape index (κ2) is 8.44. The summed E-state index contributed by atoms with van der Waals surface area (Å²) in [7, 11) is 0. The number of halogens is 2. The monoisotopic (exact) mass is 313 g/mol. The Kier molecular flexibility index (Phi) is 7.21. The molecule has 1 aromatic carbocycles. The molecule has 0 aliphatic rings. The van der Waals surface area contributed by atoms with Crippen LogP contribution in [0.5, 0.6) is 0 Å². The third-order valence-corrected chi connectivity index (χ3v) is 3.37. The first kappa shape index (κ1) is 15.4. The van der Waals surface area contributed by atoms with Crippen molar-refractivity contribution in [1.29, 1.82) is 0 Å². The molecule has 100 valence electrons. The van der Waals surface area contributed by atoms with Gasteiger partial charge < -0.3 is 5.32 Å². The summed E-state index contributed by atoms with van der Waals surface area (Å²) in [5, 5.41) is 3.42. The fourth-order valence-corrected chi connectivity index (χ4v) is 2.31. The smallest absolute Gasteiger partial charge is 0.128 e. The third kappa shape index (κ3) is 4.91. The van der Waals surface area contributed by atoms with Gasteiger partial charge in [0.1, 0.15) is 5.82 Å². The lowest BCUT2D eigenvalue weighted by atomic mass is 10.00. The third-order valence-electron chi connectivity index (χ3n) is 2.88. The summed E-state index contributed by atoms with van der Waals surface area (Å²) in [5.74, 6) is -0.134. The maximum absolute atomic E-state index is 13.9. The van der Waals surface area contributed by atoms with E-state index < -0.39 is 0 Å². The van der Waals surface area contributed by atoms with E-state index in [1.165, 1.54) is 6.07 Å². The Hall–Kier alpha value is -0.670. The summed E-state index contributed by atoms with van der Waals surface area (Å²) in [6.07, 6.45) is 5.89. The van der Waals surface area contributed by atoms with Gasteiger partial charge in [0.15, 0.2) is 0 Å². The molecule has 0 bridgehead atoms. The van der Waals surface area contributed by atoms with Gasteiger partial charge in [-0.1, -0.05) is 28.9 Å². The van der Waals surface area contributed by atoms with E-state index >= 15 is 0 Å². The van der Waals surface area contributed by atoms with Crippen LogP contribution in [0.1, 0.15) is 44.2 Å². The van der Waals surface area contributed by atoms with Crippen LogP contribution in [0, 0.1) is 5.82 Å². The molecule has 1 atom stereocenters. The number of nitrogens with one attached hydrogen (secondary N) is 1. The predicted octanol–water partition coefficient (Wildman–Crippen LogP) is 4.99. The van der Waals surface area contributed by atoms with Crippen molar-refractivity contribution in [2.24, 2.45) is 0 Å². The highest BCUT2D eigenvalue weighted by molar-refractivity contribution is 9.10. The van der Waals surface area contributed by atoms with Crippen molar-refractivity contribution in [3.8, 4) is 0 Å². The molecule has 1 rings (SSSR count). The van der Waals surface area contributed by atoms with Crippen LogP contribution in [0.25, 0.3) is 0 Å². The van der Waals surface area contributed by atoms with Crippen LogP contribution in [-0.4, -0.2) is 6.54 Å². The maximum atomic E-state index is 13.9. The minimum atomic E-state index is -0.134. The van der Waals surface area contributed by atoms with E-state index in [9.17, 15) is 4.39 Å². The number of allylic oxidation sites excluding steroid dienone is 1. The van der Waals surface area contributed by atoms with Gasteiger partial charge in [0.2, 0.25) is 0 Å². The molecule has 0 saturated heterocycles. The molecule has 1 nitrogen and oxygen atoms in total. The van der Waals surface area contributed by atoms with Gasteiger partial charge in [-0.05, 0) is 50.4 Å². The lowest BCUT2D eigenvalue weighted by molar-refractivity contribution is 0.463. The summed E-state index contributed by atoms with van der Waals surface area (Å²) < 4.78 is 14.8. The first-order valence-electron chi connectivity index (χ1n) is 6.48. The highest BCUT2D eigenvalue weighted by Gasteiger charge is 2.14. The normalized spacial score (nSPS) is 12.4. The van der Waals surface area contributed by atoms with Gasteiger partial charge in [-0.15, -0.1) is 6.58 Å². The fraction of sp³-hybridized carbons (Fsp3) is 0.467. The van der Waals surface area contributed by atoms with E-state index in [0.29, 0.717) is 0 Å². The van der Waals surface area contributed by atoms with Gasteiger partial charge in [-0.25, -0.2) is 4.39 Å². The maximum Gasteiger partial charge on any atom is 0.128 e. The Labute approximate surface area is 118 Å². The average molecular weight is 314 g/mol. The van der Waals surface area contributed by atoms with Crippen molar-refractivity contribution in [3.05, 3.63) is 46.7 Å². The van der Waals surface area contributed by atoms with Crippen molar-refractivity contribution < 1.29 is 4.39 Å². The van der Waals surface area contributed by atoms with Crippen LogP contribution in [0.3, 0.4) is 0 Å². The van der Waals surface area contributed by atoms with Gasteiger partial charge in [0, 0.05) is 16.1 Å². The Bertz CT molecular complexity index is 379. The van der Waals surface area contributed by atoms with Gasteiger partial charge in [-0.2, -0.15) is 0 Å². The SMILES string of the molecule is C=CCCCC(NCCC)c1cc(Br)ccc1F. The van der Waals surface area contributed by atoms with E-state index in [1.807, 2.05) is 12.1 Å². The number of unbranched alkanes of at least 4 members (excludes halogenated alkanes) is 1. The number of benzene rings is 1. The Morgan fingerprint density at radius 1 is 1.50 bits per heavy atom. The quantitative estimate of drug-likeness (QED) is 0.527. The Morgan fingerprint density at radius 2 is 2.28 bits per heavy atom. The largest absolute Gasteiger partial charge is 0.310 e. The molecule has 0 aliphatic heterocycles. The summed E-state index contributed by atoms with van der Waals surface area (Å²) in [6, 6.07) is 5.21. The molecule has 0 spiro atoms. The van der Waals surface area contributed by atoms with Crippen LogP contribution in [0.15, 0.2) is 35.3 Å². The molecule has 0 radical (unpaired) electrons. The number of rotatable bonds is 8. The van der Waals surface area contributed by atoms with Crippen molar-refractivity contribution in [3.63, 3.8) is 0 Å². The standard InChI is InChI=1S/C15H21BrFN/c1-3-5-6-7-15(18-10-4-2)13-11-12(16)8-9-14(13)17/h3,8-9,11,15,18H,1,4-7,10H2,2H3. The van der Waals surface area contributed by atoms with E-state index in [1.54, 1.807) is 6.07 Å². The van der Waals surface area contributed by atoms with Gasteiger partial charge in [0.05, 0.1) is 0 Å². The van der Waals surface area contributed by atoms with E-state index in [4.69, 9.17) is 0 Å². The number of hydrogen-bond donors (Lipinski definition) is 1. The van der Waals surface area contributed by atoms with Crippen LogP contribution in [-0.2, 0) is 0 Å². The van der Waals surface area contributed by atoms with Crippen LogP contribution >= 0.6 is 15.9 Å². The summed E-state index contributed by atoms with van der Waals surface area (Å²) in [5.41, 5.74) is 0.752. The molecule has 1 unspecified atom stereocenters. The zero-order valence-corrected chi connectivity index (χ0v) is 12.5. The van der Waals surface area contributed by atoms with Crippen molar-refractivity contribution in [2.75, 3.05) is 6.54 Å². The van der Waals surface area contributed by atoms with Crippen LogP contribution in [0.2, 0.25) is 0 Å². The average Bonchev–Trinajstić information content (AvgIpc) is 2.37. The molecule has 1 N–H and O–H groups in total. The van der Waals surface area contributed by atoms with Crippen molar-refractivity contribution >= 4 is 15.9 Å². The zero-order valence-electron chi connectivity index (χ0n) is 10.9. The van der Waals surface area contributed by atoms with Crippen LogP contribution < -0.4 is 5.32 Å². The molecule has 0 saturated carbocycles. The summed E-state index contributed by atoms with van der Waals surface area (Å²) in [6.45, 7) is 6.75. The minimum Gasteiger partial charge on any atom is -0.310 e. The summed E-state index contributed by atoms with van der Waals surface area (Å²) >= 11 is 3.40. The highest BCUT2D eigenvalue weighted by Crippen LogP contribution is 2.25. The molecule has 0 aliphatic carbocycles. The van der Waals surface area contributed by atoms with E-state index in [0.717, 1.165) is 42.3 Å². The van der Waals surface area contributed by atoms with Gasteiger partial charge >= 0.3 is 0 Å². The molecule has 1 aromatic rings. The summed E-state index contributed by atoms with van der Waals surface area (Å²) in [4.78, 5) is 0. The first-order valence-corrected chi connectivity index (χ1v) is 7.27. The molecule has 0 amide bonds. The second-order valence-corrected chi connectivity index (χ2v) is 5.31. The lowest BCUT2D eigenvalue weighted by Crippen LogP contribution is -2.23. The van der Waals surface area contributed by atoms with Crippen LogP contribution in [0.4, 0.5) is 4.39 Å². The van der Waals surface area contributed by atoms with Gasteiger partial charge in [0.25, 0.3) is 0 Å². The molecule has 0 heterocycles. The van der Waals surface area contributed by atoms with Crippen molar-refractivity contribution in [2.45, 2.75) is 38.6 Å². The zero-order chi connectivity index (χ0) is 13.4. The van der Waals surface area contributed by atoms with Gasteiger partial charge in [-0.3, -0.25) is 0 Å². The molecular weight excluding hydrogens is 293 g/mol. The van der Waals surface area contributed by atoms with E-state index in [2.05, 4.69) is 34.7 Å². The Morgan fingerprint density at radius 3 is 2.94 bits per heavy atom. The topological polar surface area (TPSA) is 12.0 Å². The fourth-order valence-electron chi connectivity index (χ4n) is 1.93. The minimum absolute atomic E-state index is 0.0856. The number of hydrogen-bond acceptors (Lipinski definition) is 1. The molecule has 3 heteroatoms. The first-order chi connectivity index (χ1) is 8.69. The van der Waals surface area contributed by atoms with Crippen molar-refractivity contribution in [1.82, 2.24) is 5.32 Å². The molecular formula is C15H21BrFN. The lowest BCUT2D eigenvalue weighted by Gasteiger charge is -2.19. The molecule has 0 aromatic heterocycles. The highest BCUT2D eigenvalue weighted by atomic mass is 79.9. The predicted molar refractivity (Wildman–Crippen MR) is 79.2 cm³/mol. The Balaban J connectivity index is 2.78. The molecule has 18 heavy (non-hydrogen) atoms. The van der Waals surface area contributed by atoms with E-state index in [-0.39, 0.29) is 11.9 Å².